The fraction of sp³-hybridized carbons (Fsp3) is 0.615. The highest BCUT2D eigenvalue weighted by molar-refractivity contribution is 5.89. The van der Waals surface area contributed by atoms with Crippen molar-refractivity contribution in [3.05, 3.63) is 35.6 Å². The maximum absolute atomic E-state index is 13.1. The van der Waals surface area contributed by atoms with Crippen molar-refractivity contribution in [3.63, 3.8) is 0 Å². The summed E-state index contributed by atoms with van der Waals surface area (Å²) >= 11 is 0. The molecule has 0 radical (unpaired) electrons. The molecule has 36 heavy (non-hydrogen) atoms. The molecule has 0 bridgehead atoms. The van der Waals surface area contributed by atoms with Crippen LogP contribution in [0.2, 0.25) is 0 Å². The van der Waals surface area contributed by atoms with Crippen molar-refractivity contribution in [2.45, 2.75) is 77.6 Å². The standard InChI is InChI=1S/C26H37FN4O5/c1-17(22(32)28-16-18-7-9-20(27)10-8-18)29-23(33)19-11-14-30(15-12-19)24(34)21-6-5-13-31(21)25(35)36-26(2,3)4/h7-10,17,19,21H,5-6,11-16H2,1-4H3,(H,28,32)(H,29,33)/t17-,21+/m0/s1. The summed E-state index contributed by atoms with van der Waals surface area (Å²) < 4.78 is 18.5. The molecule has 2 aliphatic rings. The number of carbonyl (C=O) groups is 4. The Balaban J connectivity index is 1.44. The third-order valence-corrected chi connectivity index (χ3v) is 6.48. The van der Waals surface area contributed by atoms with Crippen LogP contribution in [0.25, 0.3) is 0 Å². The average Bonchev–Trinajstić information content (AvgIpc) is 3.32. The molecule has 10 heteroatoms. The summed E-state index contributed by atoms with van der Waals surface area (Å²) in [6.07, 6.45) is 1.85. The Labute approximate surface area is 211 Å². The monoisotopic (exact) mass is 504 g/mol. The third-order valence-electron chi connectivity index (χ3n) is 6.48. The van der Waals surface area contributed by atoms with E-state index in [1.807, 2.05) is 0 Å². The molecule has 0 aliphatic carbocycles. The van der Waals surface area contributed by atoms with E-state index in [1.165, 1.54) is 17.0 Å². The Bertz CT molecular complexity index is 954. The molecule has 1 aromatic rings. The number of halogens is 1. The first kappa shape index (κ1) is 27.4. The summed E-state index contributed by atoms with van der Waals surface area (Å²) in [7, 11) is 0. The van der Waals surface area contributed by atoms with E-state index in [-0.39, 0.29) is 36.0 Å². The van der Waals surface area contributed by atoms with Gasteiger partial charge in [0.25, 0.3) is 0 Å². The predicted octanol–water partition coefficient (Wildman–Crippen LogP) is 2.58. The molecule has 0 unspecified atom stereocenters. The minimum absolute atomic E-state index is 0.106. The number of ether oxygens (including phenoxy) is 1. The second-order valence-electron chi connectivity index (χ2n) is 10.5. The predicted molar refractivity (Wildman–Crippen MR) is 131 cm³/mol. The number of hydrogen-bond donors (Lipinski definition) is 2. The number of rotatable bonds is 6. The van der Waals surface area contributed by atoms with Gasteiger partial charge in [0.05, 0.1) is 0 Å². The second-order valence-corrected chi connectivity index (χ2v) is 10.5. The molecule has 0 saturated carbocycles. The summed E-state index contributed by atoms with van der Waals surface area (Å²) in [5.74, 6) is -1.30. The van der Waals surface area contributed by atoms with Crippen molar-refractivity contribution in [1.29, 1.82) is 0 Å². The second kappa shape index (κ2) is 11.7. The molecule has 2 atom stereocenters. The van der Waals surface area contributed by atoms with Crippen LogP contribution in [0.1, 0.15) is 58.9 Å². The molecular formula is C26H37FN4O5. The lowest BCUT2D eigenvalue weighted by Crippen LogP contribution is -2.52. The van der Waals surface area contributed by atoms with Gasteiger partial charge in [0.1, 0.15) is 23.5 Å². The van der Waals surface area contributed by atoms with Gasteiger partial charge < -0.3 is 20.3 Å². The Morgan fingerprint density at radius 3 is 2.31 bits per heavy atom. The molecule has 2 N–H and O–H groups in total. The number of nitrogens with zero attached hydrogens (tertiary/aromatic N) is 2. The molecule has 4 amide bonds. The highest BCUT2D eigenvalue weighted by Gasteiger charge is 2.40. The van der Waals surface area contributed by atoms with Crippen LogP contribution in [0.3, 0.4) is 0 Å². The van der Waals surface area contributed by atoms with Crippen LogP contribution in [0.15, 0.2) is 24.3 Å². The molecule has 3 rings (SSSR count). The van der Waals surface area contributed by atoms with Crippen LogP contribution < -0.4 is 10.6 Å². The van der Waals surface area contributed by atoms with Crippen LogP contribution in [0, 0.1) is 11.7 Å². The van der Waals surface area contributed by atoms with Crippen molar-refractivity contribution >= 4 is 23.8 Å². The van der Waals surface area contributed by atoms with E-state index in [1.54, 1.807) is 44.7 Å². The lowest BCUT2D eigenvalue weighted by Gasteiger charge is -2.35. The first-order valence-electron chi connectivity index (χ1n) is 12.6. The Morgan fingerprint density at radius 1 is 1.06 bits per heavy atom. The Kier molecular flexibility index (Phi) is 8.92. The van der Waals surface area contributed by atoms with Gasteiger partial charge in [-0.3, -0.25) is 19.3 Å². The highest BCUT2D eigenvalue weighted by atomic mass is 19.1. The molecule has 2 fully saturated rings. The molecular weight excluding hydrogens is 467 g/mol. The zero-order chi connectivity index (χ0) is 26.5. The van der Waals surface area contributed by atoms with E-state index in [4.69, 9.17) is 4.74 Å². The molecule has 1 aromatic carbocycles. The van der Waals surface area contributed by atoms with Crippen LogP contribution >= 0.6 is 0 Å². The topological polar surface area (TPSA) is 108 Å². The quantitative estimate of drug-likeness (QED) is 0.619. The first-order chi connectivity index (χ1) is 16.9. The van der Waals surface area contributed by atoms with E-state index in [9.17, 15) is 23.6 Å². The summed E-state index contributed by atoms with van der Waals surface area (Å²) in [4.78, 5) is 54.0. The van der Waals surface area contributed by atoms with Crippen molar-refractivity contribution in [2.75, 3.05) is 19.6 Å². The molecule has 0 spiro atoms. The zero-order valence-electron chi connectivity index (χ0n) is 21.5. The van der Waals surface area contributed by atoms with E-state index >= 15 is 0 Å². The van der Waals surface area contributed by atoms with Gasteiger partial charge in [-0.25, -0.2) is 9.18 Å². The summed E-state index contributed by atoms with van der Waals surface area (Å²) in [5.41, 5.74) is 0.126. The maximum atomic E-state index is 13.1. The number of nitrogens with one attached hydrogen (secondary N) is 2. The number of carbonyl (C=O) groups excluding carboxylic acids is 4. The lowest BCUT2D eigenvalue weighted by atomic mass is 9.95. The van der Waals surface area contributed by atoms with Gasteiger partial charge >= 0.3 is 6.09 Å². The minimum atomic E-state index is -0.724. The van der Waals surface area contributed by atoms with Gasteiger partial charge in [-0.15, -0.1) is 0 Å². The van der Waals surface area contributed by atoms with Crippen LogP contribution in [-0.4, -0.2) is 70.9 Å². The number of likely N-dealkylation sites (tertiary alicyclic amines) is 2. The van der Waals surface area contributed by atoms with Gasteiger partial charge in [-0.2, -0.15) is 0 Å². The lowest BCUT2D eigenvalue weighted by molar-refractivity contribution is -0.139. The van der Waals surface area contributed by atoms with Gasteiger partial charge in [0.2, 0.25) is 17.7 Å². The van der Waals surface area contributed by atoms with E-state index in [2.05, 4.69) is 10.6 Å². The molecule has 0 aromatic heterocycles. The number of benzene rings is 1. The fourth-order valence-corrected chi connectivity index (χ4v) is 4.48. The van der Waals surface area contributed by atoms with Gasteiger partial charge in [-0.05, 0) is 71.1 Å². The van der Waals surface area contributed by atoms with Crippen LogP contribution in [-0.2, 0) is 25.7 Å². The number of amides is 4. The molecule has 2 heterocycles. The smallest absolute Gasteiger partial charge is 0.410 e. The summed E-state index contributed by atoms with van der Waals surface area (Å²) in [6, 6.07) is 4.57. The largest absolute Gasteiger partial charge is 0.444 e. The highest BCUT2D eigenvalue weighted by Crippen LogP contribution is 2.25. The van der Waals surface area contributed by atoms with Gasteiger partial charge in [0, 0.05) is 32.1 Å². The van der Waals surface area contributed by atoms with E-state index < -0.39 is 23.8 Å². The minimum Gasteiger partial charge on any atom is -0.444 e. The zero-order valence-corrected chi connectivity index (χ0v) is 21.5. The van der Waals surface area contributed by atoms with Crippen molar-refractivity contribution in [1.82, 2.24) is 20.4 Å². The fourth-order valence-electron chi connectivity index (χ4n) is 4.48. The van der Waals surface area contributed by atoms with E-state index in [0.717, 1.165) is 12.0 Å². The normalized spacial score (nSPS) is 19.5. The van der Waals surface area contributed by atoms with Crippen molar-refractivity contribution in [3.8, 4) is 0 Å². The third kappa shape index (κ3) is 7.41. The van der Waals surface area contributed by atoms with Crippen molar-refractivity contribution < 1.29 is 28.3 Å². The molecule has 198 valence electrons. The summed E-state index contributed by atoms with van der Waals surface area (Å²) in [5, 5.41) is 5.49. The summed E-state index contributed by atoms with van der Waals surface area (Å²) in [6.45, 7) is 8.56. The Hall–Kier alpha value is -3.17. The number of hydrogen-bond acceptors (Lipinski definition) is 5. The molecule has 2 saturated heterocycles. The molecule has 2 aliphatic heterocycles. The Morgan fingerprint density at radius 2 is 1.69 bits per heavy atom. The van der Waals surface area contributed by atoms with E-state index in [0.29, 0.717) is 38.9 Å². The SMILES string of the molecule is C[C@H](NC(=O)C1CCN(C(=O)[C@H]2CCCN2C(=O)OC(C)(C)C)CC1)C(=O)NCc1ccc(F)cc1. The average molecular weight is 505 g/mol. The molecule has 9 nitrogen and oxygen atoms in total. The van der Waals surface area contributed by atoms with Crippen LogP contribution in [0.4, 0.5) is 9.18 Å². The first-order valence-corrected chi connectivity index (χ1v) is 12.6. The number of piperidine rings is 1. The van der Waals surface area contributed by atoms with Crippen molar-refractivity contribution in [2.24, 2.45) is 5.92 Å². The maximum Gasteiger partial charge on any atom is 0.410 e. The van der Waals surface area contributed by atoms with Gasteiger partial charge in [0.15, 0.2) is 0 Å². The van der Waals surface area contributed by atoms with Crippen LogP contribution in [0.5, 0.6) is 0 Å². The van der Waals surface area contributed by atoms with Gasteiger partial charge in [-0.1, -0.05) is 12.1 Å².